The van der Waals surface area contributed by atoms with Crippen molar-refractivity contribution >= 4 is 11.0 Å². The van der Waals surface area contributed by atoms with Crippen molar-refractivity contribution in [2.75, 3.05) is 26.7 Å². The smallest absolute Gasteiger partial charge is 0.104 e. The summed E-state index contributed by atoms with van der Waals surface area (Å²) in [7, 11) is 2.02. The number of nitrogens with zero attached hydrogens (tertiary/aromatic N) is 2. The van der Waals surface area contributed by atoms with Gasteiger partial charge in [-0.05, 0) is 38.1 Å². The Hall–Kier alpha value is -1.43. The van der Waals surface area contributed by atoms with Crippen LogP contribution in [0, 0.1) is 6.92 Å². The molecule has 0 aliphatic carbocycles. The number of nitrogens with one attached hydrogen (secondary N) is 1. The van der Waals surface area contributed by atoms with E-state index < -0.39 is 0 Å². The molecule has 5 nitrogen and oxygen atoms in total. The lowest BCUT2D eigenvalue weighted by Gasteiger charge is -2.19. The van der Waals surface area contributed by atoms with Crippen molar-refractivity contribution in [3.05, 3.63) is 29.6 Å². The van der Waals surface area contributed by atoms with Gasteiger partial charge in [0.25, 0.3) is 0 Å². The molecule has 104 valence electrons. The third-order valence-corrected chi connectivity index (χ3v) is 3.23. The van der Waals surface area contributed by atoms with Gasteiger partial charge in [-0.3, -0.25) is 0 Å². The van der Waals surface area contributed by atoms with E-state index in [0.29, 0.717) is 6.54 Å². The minimum absolute atomic E-state index is 0.0315. The number of aryl methyl sites for hydroxylation is 1. The van der Waals surface area contributed by atoms with Crippen LogP contribution in [0.1, 0.15) is 11.4 Å². The van der Waals surface area contributed by atoms with Gasteiger partial charge in [0.1, 0.15) is 5.82 Å². The number of aromatic nitrogens is 2. The summed E-state index contributed by atoms with van der Waals surface area (Å²) in [5.74, 6) is 0.943. The molecule has 1 heterocycles. The van der Waals surface area contributed by atoms with Gasteiger partial charge in [0.2, 0.25) is 0 Å². The number of aliphatic hydroxyl groups excluding tert-OH is 1. The minimum Gasteiger partial charge on any atom is -0.395 e. The molecular weight excluding hydrogens is 240 g/mol. The molecule has 0 bridgehead atoms. The number of nitrogens with two attached hydrogens (primary N) is 1. The molecule has 0 aliphatic heterocycles. The van der Waals surface area contributed by atoms with E-state index in [0.717, 1.165) is 29.8 Å². The summed E-state index contributed by atoms with van der Waals surface area (Å²) >= 11 is 0. The number of H-pyrrole nitrogens is 1. The highest BCUT2D eigenvalue weighted by Crippen LogP contribution is 2.14. The predicted octanol–water partition coefficient (Wildman–Crippen LogP) is 0.665. The Morgan fingerprint density at radius 2 is 2.26 bits per heavy atom. The number of aliphatic hydroxyl groups is 1. The van der Waals surface area contributed by atoms with Gasteiger partial charge in [0.15, 0.2) is 0 Å². The molecule has 4 N–H and O–H groups in total. The van der Waals surface area contributed by atoms with Crippen LogP contribution in [0.15, 0.2) is 18.2 Å². The van der Waals surface area contributed by atoms with Crippen LogP contribution in [0.4, 0.5) is 0 Å². The van der Waals surface area contributed by atoms with E-state index in [9.17, 15) is 0 Å². The summed E-state index contributed by atoms with van der Waals surface area (Å²) in [5, 5.41) is 8.93. The quantitative estimate of drug-likeness (QED) is 0.715. The zero-order chi connectivity index (χ0) is 13.8. The largest absolute Gasteiger partial charge is 0.395 e. The van der Waals surface area contributed by atoms with E-state index >= 15 is 0 Å². The van der Waals surface area contributed by atoms with E-state index in [1.165, 1.54) is 5.56 Å². The lowest BCUT2D eigenvalue weighted by Crippen LogP contribution is -2.38. The van der Waals surface area contributed by atoms with Gasteiger partial charge in [0.05, 0.1) is 17.6 Å². The fraction of sp³-hybridized carbons (Fsp3) is 0.500. The van der Waals surface area contributed by atoms with Gasteiger partial charge in [-0.25, -0.2) is 4.98 Å². The predicted molar refractivity (Wildman–Crippen MR) is 77.1 cm³/mol. The van der Waals surface area contributed by atoms with Gasteiger partial charge < -0.3 is 20.7 Å². The number of hydrogen-bond donors (Lipinski definition) is 3. The van der Waals surface area contributed by atoms with Crippen LogP contribution in [0.2, 0.25) is 0 Å². The van der Waals surface area contributed by atoms with E-state index in [2.05, 4.69) is 27.0 Å². The molecule has 5 heteroatoms. The van der Waals surface area contributed by atoms with E-state index in [1.54, 1.807) is 0 Å². The Kier molecular flexibility index (Phi) is 4.52. The standard InChI is InChI=1S/C14H22N4O/c1-10-16-13-4-3-11(7-14(13)17-10)5-6-18(2)8-12(15)9-19/h3-4,7,12,19H,5-6,8-9,15H2,1-2H3,(H,16,17). The van der Waals surface area contributed by atoms with E-state index in [-0.39, 0.29) is 12.6 Å². The highest BCUT2D eigenvalue weighted by atomic mass is 16.3. The molecule has 1 unspecified atom stereocenters. The maximum absolute atomic E-state index is 8.93. The van der Waals surface area contributed by atoms with Gasteiger partial charge >= 0.3 is 0 Å². The van der Waals surface area contributed by atoms with Crippen molar-refractivity contribution in [2.45, 2.75) is 19.4 Å². The van der Waals surface area contributed by atoms with Gasteiger partial charge in [-0.2, -0.15) is 0 Å². The Morgan fingerprint density at radius 3 is 3.00 bits per heavy atom. The number of aromatic amines is 1. The van der Waals surface area contributed by atoms with Crippen LogP contribution in [0.3, 0.4) is 0 Å². The average molecular weight is 262 g/mol. The topological polar surface area (TPSA) is 78.2 Å². The third kappa shape index (κ3) is 3.76. The molecule has 0 saturated heterocycles. The van der Waals surface area contributed by atoms with Crippen molar-refractivity contribution < 1.29 is 5.11 Å². The molecule has 1 aromatic carbocycles. The first-order valence-electron chi connectivity index (χ1n) is 6.58. The molecule has 0 aliphatic rings. The fourth-order valence-electron chi connectivity index (χ4n) is 2.21. The first-order valence-corrected chi connectivity index (χ1v) is 6.58. The molecular formula is C14H22N4O. The molecule has 0 amide bonds. The van der Waals surface area contributed by atoms with Crippen LogP contribution in [-0.2, 0) is 6.42 Å². The molecule has 0 fully saturated rings. The SMILES string of the molecule is Cc1nc2ccc(CCN(C)CC(N)CO)cc2[nH]1. The first kappa shape index (κ1) is 14.0. The maximum atomic E-state index is 8.93. The Balaban J connectivity index is 1.94. The molecule has 0 spiro atoms. The van der Waals surface area contributed by atoms with Crippen LogP contribution in [-0.4, -0.2) is 52.8 Å². The number of imidazole rings is 1. The molecule has 2 rings (SSSR count). The van der Waals surface area contributed by atoms with Crippen molar-refractivity contribution in [1.82, 2.24) is 14.9 Å². The molecule has 1 atom stereocenters. The number of benzene rings is 1. The number of fused-ring (bicyclic) bond motifs is 1. The lowest BCUT2D eigenvalue weighted by molar-refractivity contribution is 0.223. The van der Waals surface area contributed by atoms with Crippen molar-refractivity contribution in [3.63, 3.8) is 0 Å². The van der Waals surface area contributed by atoms with Gasteiger partial charge in [-0.15, -0.1) is 0 Å². The zero-order valence-corrected chi connectivity index (χ0v) is 11.6. The van der Waals surface area contributed by atoms with Gasteiger partial charge in [0, 0.05) is 19.1 Å². The Morgan fingerprint density at radius 1 is 1.47 bits per heavy atom. The summed E-state index contributed by atoms with van der Waals surface area (Å²) in [4.78, 5) is 9.78. The summed E-state index contributed by atoms with van der Waals surface area (Å²) in [6.07, 6.45) is 0.961. The second kappa shape index (κ2) is 6.14. The maximum Gasteiger partial charge on any atom is 0.104 e. The number of rotatable bonds is 6. The minimum atomic E-state index is -0.164. The second-order valence-electron chi connectivity index (χ2n) is 5.13. The molecule has 0 radical (unpaired) electrons. The van der Waals surface area contributed by atoms with Crippen LogP contribution < -0.4 is 5.73 Å². The summed E-state index contributed by atoms with van der Waals surface area (Å²) < 4.78 is 0. The first-order chi connectivity index (χ1) is 9.08. The van der Waals surface area contributed by atoms with Gasteiger partial charge in [-0.1, -0.05) is 6.07 Å². The molecule has 19 heavy (non-hydrogen) atoms. The molecule has 1 aromatic heterocycles. The lowest BCUT2D eigenvalue weighted by atomic mass is 10.1. The van der Waals surface area contributed by atoms with Crippen LogP contribution >= 0.6 is 0 Å². The summed E-state index contributed by atoms with van der Waals surface area (Å²) in [5.41, 5.74) is 9.09. The van der Waals surface area contributed by atoms with E-state index in [4.69, 9.17) is 10.8 Å². The Bertz CT molecular complexity index is 537. The normalized spacial score (nSPS) is 13.3. The number of likely N-dealkylation sites (N-methyl/N-ethyl adjacent to an activating group) is 1. The third-order valence-electron chi connectivity index (χ3n) is 3.23. The second-order valence-corrected chi connectivity index (χ2v) is 5.13. The Labute approximate surface area is 113 Å². The monoisotopic (exact) mass is 262 g/mol. The van der Waals surface area contributed by atoms with E-state index in [1.807, 2.05) is 20.0 Å². The summed E-state index contributed by atoms with van der Waals surface area (Å²) in [6, 6.07) is 6.15. The number of hydrogen-bond acceptors (Lipinski definition) is 4. The summed E-state index contributed by atoms with van der Waals surface area (Å²) in [6.45, 7) is 3.63. The highest BCUT2D eigenvalue weighted by Gasteiger charge is 2.06. The zero-order valence-electron chi connectivity index (χ0n) is 11.6. The highest BCUT2D eigenvalue weighted by molar-refractivity contribution is 5.75. The van der Waals surface area contributed by atoms with Crippen molar-refractivity contribution in [1.29, 1.82) is 0 Å². The fourth-order valence-corrected chi connectivity index (χ4v) is 2.21. The molecule has 2 aromatic rings. The van der Waals surface area contributed by atoms with Crippen LogP contribution in [0.5, 0.6) is 0 Å². The van der Waals surface area contributed by atoms with Crippen LogP contribution in [0.25, 0.3) is 11.0 Å². The van der Waals surface area contributed by atoms with Crippen molar-refractivity contribution in [2.24, 2.45) is 5.73 Å². The van der Waals surface area contributed by atoms with Crippen molar-refractivity contribution in [3.8, 4) is 0 Å². The molecule has 0 saturated carbocycles. The average Bonchev–Trinajstić information content (AvgIpc) is 2.75.